The molecule has 2 amide bonds. The molecule has 0 aliphatic carbocycles. The number of piperidine rings is 1. The van der Waals surface area contributed by atoms with Crippen LogP contribution in [0.2, 0.25) is 0 Å². The highest BCUT2D eigenvalue weighted by atomic mass is 16.2. The number of nitrogens with two attached hydrogens (primary N) is 1. The predicted molar refractivity (Wildman–Crippen MR) is 71.8 cm³/mol. The molecule has 1 aromatic heterocycles. The first-order chi connectivity index (χ1) is 9.16. The molecule has 3 heterocycles. The predicted octanol–water partition coefficient (Wildman–Crippen LogP) is 0.553. The van der Waals surface area contributed by atoms with E-state index in [1.807, 2.05) is 6.92 Å². The number of nitrogens with one attached hydrogen (secondary N) is 1. The molecule has 3 N–H and O–H groups in total. The lowest BCUT2D eigenvalue weighted by atomic mass is 10.0. The highest BCUT2D eigenvalue weighted by Gasteiger charge is 2.28. The average Bonchev–Trinajstić information content (AvgIpc) is 2.77. The molecular formula is C13H21N5O. The van der Waals surface area contributed by atoms with Gasteiger partial charge in [0.2, 0.25) is 0 Å². The SMILES string of the molecule is Cc1nn(C2CCNCC2)c2c1CN(C(N)=O)CC2. The zero-order chi connectivity index (χ0) is 13.4. The number of hydrogen-bond donors (Lipinski definition) is 2. The molecule has 0 radical (unpaired) electrons. The van der Waals surface area contributed by atoms with Gasteiger partial charge in [-0.1, -0.05) is 0 Å². The Morgan fingerprint density at radius 2 is 2.16 bits per heavy atom. The van der Waals surface area contributed by atoms with E-state index in [2.05, 4.69) is 10.00 Å². The van der Waals surface area contributed by atoms with Gasteiger partial charge in [-0.15, -0.1) is 0 Å². The lowest BCUT2D eigenvalue weighted by molar-refractivity contribution is 0.200. The Labute approximate surface area is 112 Å². The summed E-state index contributed by atoms with van der Waals surface area (Å²) in [4.78, 5) is 13.0. The van der Waals surface area contributed by atoms with Gasteiger partial charge in [0.1, 0.15) is 0 Å². The Morgan fingerprint density at radius 3 is 2.84 bits per heavy atom. The highest BCUT2D eigenvalue weighted by molar-refractivity contribution is 5.72. The van der Waals surface area contributed by atoms with Gasteiger partial charge < -0.3 is 16.0 Å². The maximum absolute atomic E-state index is 11.3. The van der Waals surface area contributed by atoms with Crippen LogP contribution in [0.4, 0.5) is 4.79 Å². The number of aryl methyl sites for hydroxylation is 1. The van der Waals surface area contributed by atoms with Gasteiger partial charge in [-0.2, -0.15) is 5.10 Å². The molecule has 0 saturated carbocycles. The van der Waals surface area contributed by atoms with E-state index in [9.17, 15) is 4.79 Å². The zero-order valence-electron chi connectivity index (χ0n) is 11.4. The molecule has 0 atom stereocenters. The summed E-state index contributed by atoms with van der Waals surface area (Å²) in [6, 6.07) is 0.170. The van der Waals surface area contributed by atoms with Crippen LogP contribution in [0.15, 0.2) is 0 Å². The summed E-state index contributed by atoms with van der Waals surface area (Å²) >= 11 is 0. The number of amides is 2. The van der Waals surface area contributed by atoms with E-state index in [-0.39, 0.29) is 6.03 Å². The smallest absolute Gasteiger partial charge is 0.315 e. The maximum atomic E-state index is 11.3. The van der Waals surface area contributed by atoms with Crippen LogP contribution in [0.3, 0.4) is 0 Å². The van der Waals surface area contributed by atoms with Gasteiger partial charge >= 0.3 is 6.03 Å². The molecular weight excluding hydrogens is 242 g/mol. The van der Waals surface area contributed by atoms with Gasteiger partial charge in [0.15, 0.2) is 0 Å². The van der Waals surface area contributed by atoms with E-state index < -0.39 is 0 Å². The summed E-state index contributed by atoms with van der Waals surface area (Å²) in [6.07, 6.45) is 3.13. The molecule has 104 valence electrons. The number of hydrogen-bond acceptors (Lipinski definition) is 3. The average molecular weight is 263 g/mol. The van der Waals surface area contributed by atoms with Crippen molar-refractivity contribution in [2.24, 2.45) is 5.73 Å². The first-order valence-corrected chi connectivity index (χ1v) is 6.98. The molecule has 1 aromatic rings. The van der Waals surface area contributed by atoms with Crippen LogP contribution in [0.5, 0.6) is 0 Å². The first-order valence-electron chi connectivity index (χ1n) is 6.98. The second-order valence-electron chi connectivity index (χ2n) is 5.45. The number of carbonyl (C=O) groups is 1. The van der Waals surface area contributed by atoms with E-state index in [0.29, 0.717) is 19.1 Å². The van der Waals surface area contributed by atoms with Gasteiger partial charge in [0.05, 0.1) is 18.3 Å². The third kappa shape index (κ3) is 2.20. The molecule has 6 heteroatoms. The minimum Gasteiger partial charge on any atom is -0.351 e. The first kappa shape index (κ1) is 12.5. The number of primary amides is 1. The van der Waals surface area contributed by atoms with Crippen molar-refractivity contribution in [3.05, 3.63) is 17.0 Å². The van der Waals surface area contributed by atoms with Crippen LogP contribution >= 0.6 is 0 Å². The zero-order valence-corrected chi connectivity index (χ0v) is 11.4. The van der Waals surface area contributed by atoms with Crippen molar-refractivity contribution in [1.29, 1.82) is 0 Å². The Hall–Kier alpha value is -1.56. The second-order valence-corrected chi connectivity index (χ2v) is 5.45. The summed E-state index contributed by atoms with van der Waals surface area (Å²) < 4.78 is 2.21. The van der Waals surface area contributed by atoms with Crippen molar-refractivity contribution in [1.82, 2.24) is 20.0 Å². The van der Waals surface area contributed by atoms with Crippen molar-refractivity contribution in [3.8, 4) is 0 Å². The standard InChI is InChI=1S/C13H21N5O/c1-9-11-8-17(13(14)19)7-4-12(11)18(16-9)10-2-5-15-6-3-10/h10,15H,2-8H2,1H3,(H2,14,19). The summed E-state index contributed by atoms with van der Waals surface area (Å²) in [5.74, 6) is 0. The summed E-state index contributed by atoms with van der Waals surface area (Å²) in [7, 11) is 0. The van der Waals surface area contributed by atoms with Gasteiger partial charge in [0, 0.05) is 24.2 Å². The molecule has 2 aliphatic rings. The minimum absolute atomic E-state index is 0.334. The van der Waals surface area contributed by atoms with Crippen LogP contribution in [-0.2, 0) is 13.0 Å². The van der Waals surface area contributed by atoms with Gasteiger partial charge in [0.25, 0.3) is 0 Å². The fraction of sp³-hybridized carbons (Fsp3) is 0.692. The second kappa shape index (κ2) is 4.85. The van der Waals surface area contributed by atoms with Crippen molar-refractivity contribution in [3.63, 3.8) is 0 Å². The minimum atomic E-state index is -0.334. The lowest BCUT2D eigenvalue weighted by Gasteiger charge is -2.29. The van der Waals surface area contributed by atoms with Crippen LogP contribution < -0.4 is 11.1 Å². The Balaban J connectivity index is 1.89. The molecule has 0 unspecified atom stereocenters. The van der Waals surface area contributed by atoms with E-state index in [1.165, 1.54) is 11.3 Å². The third-order valence-electron chi connectivity index (χ3n) is 4.25. The summed E-state index contributed by atoms with van der Waals surface area (Å²) in [5.41, 5.74) is 8.92. The molecule has 0 bridgehead atoms. The molecule has 1 fully saturated rings. The number of rotatable bonds is 1. The van der Waals surface area contributed by atoms with E-state index >= 15 is 0 Å². The normalized spacial score (nSPS) is 20.4. The quantitative estimate of drug-likeness (QED) is 0.777. The monoisotopic (exact) mass is 263 g/mol. The molecule has 3 rings (SSSR count). The molecule has 6 nitrogen and oxygen atoms in total. The van der Waals surface area contributed by atoms with Crippen molar-refractivity contribution >= 4 is 6.03 Å². The molecule has 19 heavy (non-hydrogen) atoms. The van der Waals surface area contributed by atoms with E-state index in [4.69, 9.17) is 10.8 Å². The lowest BCUT2D eigenvalue weighted by Crippen LogP contribution is -2.40. The molecule has 0 spiro atoms. The number of nitrogens with zero attached hydrogens (tertiary/aromatic N) is 3. The number of urea groups is 1. The largest absolute Gasteiger partial charge is 0.351 e. The van der Waals surface area contributed by atoms with Crippen molar-refractivity contribution in [2.75, 3.05) is 19.6 Å². The number of aromatic nitrogens is 2. The number of fused-ring (bicyclic) bond motifs is 1. The number of carbonyl (C=O) groups excluding carboxylic acids is 1. The Kier molecular flexibility index (Phi) is 3.18. The topological polar surface area (TPSA) is 76.2 Å². The third-order valence-corrected chi connectivity index (χ3v) is 4.25. The van der Waals surface area contributed by atoms with Crippen LogP contribution in [0.25, 0.3) is 0 Å². The van der Waals surface area contributed by atoms with Gasteiger partial charge in [-0.3, -0.25) is 4.68 Å². The fourth-order valence-electron chi connectivity index (χ4n) is 3.15. The van der Waals surface area contributed by atoms with Crippen LogP contribution in [0.1, 0.15) is 35.8 Å². The molecule has 0 aromatic carbocycles. The van der Waals surface area contributed by atoms with Gasteiger partial charge in [-0.05, 0) is 32.9 Å². The van der Waals surface area contributed by atoms with Crippen molar-refractivity contribution in [2.45, 2.75) is 38.8 Å². The highest BCUT2D eigenvalue weighted by Crippen LogP contribution is 2.27. The van der Waals surface area contributed by atoms with Gasteiger partial charge in [-0.25, -0.2) is 4.79 Å². The Morgan fingerprint density at radius 1 is 1.42 bits per heavy atom. The molecule has 2 aliphatic heterocycles. The molecule has 1 saturated heterocycles. The van der Waals surface area contributed by atoms with Crippen molar-refractivity contribution < 1.29 is 4.79 Å². The fourth-order valence-corrected chi connectivity index (χ4v) is 3.15. The summed E-state index contributed by atoms with van der Waals surface area (Å²) in [6.45, 7) is 5.47. The maximum Gasteiger partial charge on any atom is 0.315 e. The van der Waals surface area contributed by atoms with Crippen LogP contribution in [-0.4, -0.2) is 40.3 Å². The van der Waals surface area contributed by atoms with E-state index in [0.717, 1.165) is 38.0 Å². The van der Waals surface area contributed by atoms with Crippen LogP contribution in [0, 0.1) is 6.92 Å². The Bertz CT molecular complexity index is 489. The summed E-state index contributed by atoms with van der Waals surface area (Å²) in [5, 5.41) is 8.10. The van der Waals surface area contributed by atoms with E-state index in [1.54, 1.807) is 4.90 Å².